The Labute approximate surface area is 195 Å². The molecule has 2 heterocycles. The number of rotatable bonds is 6. The number of likely N-dealkylation sites (tertiary alicyclic amines) is 1. The normalized spacial score (nSPS) is 18.6. The Morgan fingerprint density at radius 1 is 0.939 bits per heavy atom. The molecule has 3 aromatic carbocycles. The number of benzene rings is 3. The van der Waals surface area contributed by atoms with Crippen molar-refractivity contribution in [1.29, 1.82) is 0 Å². The van der Waals surface area contributed by atoms with E-state index in [1.165, 1.54) is 16.7 Å². The van der Waals surface area contributed by atoms with E-state index in [1.807, 2.05) is 18.2 Å². The van der Waals surface area contributed by atoms with Crippen LogP contribution in [0.3, 0.4) is 0 Å². The van der Waals surface area contributed by atoms with E-state index in [0.717, 1.165) is 37.3 Å². The monoisotopic (exact) mass is 460 g/mol. The Hall–Kier alpha value is -2.96. The molecule has 170 valence electrons. The van der Waals surface area contributed by atoms with Crippen LogP contribution in [0.1, 0.15) is 17.5 Å². The molecule has 6 heteroatoms. The largest absolute Gasteiger partial charge is 0.315 e. The second-order valence-corrected chi connectivity index (χ2v) is 11.2. The summed E-state index contributed by atoms with van der Waals surface area (Å²) >= 11 is 0. The van der Waals surface area contributed by atoms with Gasteiger partial charge in [0.1, 0.15) is 0 Å². The highest BCUT2D eigenvalue weighted by Crippen LogP contribution is 2.31. The van der Waals surface area contributed by atoms with Gasteiger partial charge in [0.15, 0.2) is 9.84 Å². The highest BCUT2D eigenvalue weighted by molar-refractivity contribution is 7.91. The summed E-state index contributed by atoms with van der Waals surface area (Å²) in [6.45, 7) is 2.52. The molecule has 33 heavy (non-hydrogen) atoms. The van der Waals surface area contributed by atoms with Crippen LogP contribution in [-0.4, -0.2) is 45.1 Å². The lowest BCUT2D eigenvalue weighted by Gasteiger charge is -2.17. The number of hydrogen-bond acceptors (Lipinski definition) is 4. The first-order valence-corrected chi connectivity index (χ1v) is 13.0. The summed E-state index contributed by atoms with van der Waals surface area (Å²) in [5, 5.41) is 0. The van der Waals surface area contributed by atoms with Crippen molar-refractivity contribution in [2.24, 2.45) is 5.92 Å². The van der Waals surface area contributed by atoms with Crippen LogP contribution in [0.2, 0.25) is 0 Å². The fourth-order valence-electron chi connectivity index (χ4n) is 4.93. The second kappa shape index (κ2) is 8.76. The number of fused-ring (bicyclic) bond motifs is 1. The van der Waals surface area contributed by atoms with Gasteiger partial charge in [0.25, 0.3) is 0 Å². The number of sulfone groups is 1. The molecule has 0 aliphatic carbocycles. The predicted octanol–water partition coefficient (Wildman–Crippen LogP) is 4.17. The Bertz CT molecular complexity index is 1270. The van der Waals surface area contributed by atoms with Gasteiger partial charge in [-0.3, -0.25) is 9.69 Å². The van der Waals surface area contributed by atoms with Gasteiger partial charge in [-0.15, -0.1) is 0 Å². The van der Waals surface area contributed by atoms with E-state index in [-0.39, 0.29) is 24.0 Å². The van der Waals surface area contributed by atoms with E-state index in [4.69, 9.17) is 0 Å². The zero-order valence-corrected chi connectivity index (χ0v) is 19.6. The number of hydrogen-bond donors (Lipinski definition) is 0. The molecule has 2 aliphatic rings. The van der Waals surface area contributed by atoms with Crippen LogP contribution in [0, 0.1) is 5.92 Å². The average molecular weight is 461 g/mol. The van der Waals surface area contributed by atoms with E-state index < -0.39 is 9.84 Å². The number of carbonyl (C=O) groups is 1. The van der Waals surface area contributed by atoms with Crippen molar-refractivity contribution in [3.8, 4) is 11.1 Å². The van der Waals surface area contributed by atoms with Crippen LogP contribution in [0.4, 0.5) is 5.69 Å². The minimum atomic E-state index is -3.39. The predicted molar refractivity (Wildman–Crippen MR) is 131 cm³/mol. The summed E-state index contributed by atoms with van der Waals surface area (Å²) in [6.07, 6.45) is 1.16. The molecule has 0 saturated carbocycles. The molecule has 1 amide bonds. The second-order valence-electron chi connectivity index (χ2n) is 9.15. The van der Waals surface area contributed by atoms with Crippen LogP contribution in [0.5, 0.6) is 0 Å². The fourth-order valence-corrected chi connectivity index (χ4v) is 6.61. The van der Waals surface area contributed by atoms with E-state index in [9.17, 15) is 13.2 Å². The van der Waals surface area contributed by atoms with Gasteiger partial charge in [-0.2, -0.15) is 0 Å². The molecule has 0 aromatic heterocycles. The van der Waals surface area contributed by atoms with Crippen molar-refractivity contribution in [1.82, 2.24) is 4.90 Å². The SMILES string of the molecule is CN1C(=O)Cc2cc(S(=O)(=O)C[C@@H]3CCN(Cc4ccc(-c5ccccc5)cc4)C3)ccc21. The summed E-state index contributed by atoms with van der Waals surface area (Å²) in [5.41, 5.74) is 5.26. The summed E-state index contributed by atoms with van der Waals surface area (Å²) in [5.74, 6) is 0.276. The Balaban J connectivity index is 1.20. The number of nitrogens with zero attached hydrogens (tertiary/aromatic N) is 2. The molecule has 0 bridgehead atoms. The lowest BCUT2D eigenvalue weighted by Crippen LogP contribution is -2.23. The smallest absolute Gasteiger partial charge is 0.231 e. The van der Waals surface area contributed by atoms with Gasteiger partial charge in [-0.25, -0.2) is 8.42 Å². The zero-order valence-electron chi connectivity index (χ0n) is 18.8. The lowest BCUT2D eigenvalue weighted by molar-refractivity contribution is -0.117. The van der Waals surface area contributed by atoms with E-state index in [1.54, 1.807) is 30.1 Å². The molecule has 0 spiro atoms. The van der Waals surface area contributed by atoms with Gasteiger partial charge in [0.05, 0.1) is 17.1 Å². The minimum Gasteiger partial charge on any atom is -0.315 e. The first-order chi connectivity index (χ1) is 15.9. The number of carbonyl (C=O) groups excluding carboxylic acids is 1. The van der Waals surface area contributed by atoms with E-state index in [2.05, 4.69) is 41.3 Å². The average Bonchev–Trinajstić information content (AvgIpc) is 3.37. The minimum absolute atomic E-state index is 0.00258. The molecule has 1 fully saturated rings. The number of likely N-dealkylation sites (N-methyl/N-ethyl adjacent to an activating group) is 1. The van der Waals surface area contributed by atoms with E-state index >= 15 is 0 Å². The summed E-state index contributed by atoms with van der Waals surface area (Å²) in [4.78, 5) is 16.2. The molecular weight excluding hydrogens is 432 g/mol. The first kappa shape index (κ1) is 21.9. The molecule has 3 aromatic rings. The Kier molecular flexibility index (Phi) is 5.81. The third kappa shape index (κ3) is 4.59. The fraction of sp³-hybridized carbons (Fsp3) is 0.296. The molecule has 5 rings (SSSR count). The van der Waals surface area contributed by atoms with Crippen LogP contribution in [-0.2, 0) is 27.6 Å². The first-order valence-electron chi connectivity index (χ1n) is 11.4. The van der Waals surface area contributed by atoms with E-state index in [0.29, 0.717) is 4.90 Å². The van der Waals surface area contributed by atoms with Crippen LogP contribution in [0.25, 0.3) is 11.1 Å². The molecule has 0 unspecified atom stereocenters. The molecule has 1 atom stereocenters. The maximum atomic E-state index is 13.1. The molecule has 1 saturated heterocycles. The highest BCUT2D eigenvalue weighted by Gasteiger charge is 2.30. The quantitative estimate of drug-likeness (QED) is 0.554. The van der Waals surface area contributed by atoms with Gasteiger partial charge >= 0.3 is 0 Å². The molecule has 5 nitrogen and oxygen atoms in total. The van der Waals surface area contributed by atoms with Crippen LogP contribution in [0.15, 0.2) is 77.7 Å². The Morgan fingerprint density at radius 2 is 1.67 bits per heavy atom. The van der Waals surface area contributed by atoms with Crippen molar-refractivity contribution in [2.75, 3.05) is 30.8 Å². The third-order valence-electron chi connectivity index (χ3n) is 6.78. The molecular formula is C27H28N2O3S. The topological polar surface area (TPSA) is 57.7 Å². The van der Waals surface area contributed by atoms with Crippen LogP contribution < -0.4 is 4.90 Å². The van der Waals surface area contributed by atoms with Crippen molar-refractivity contribution in [2.45, 2.75) is 24.3 Å². The van der Waals surface area contributed by atoms with Gasteiger partial charge in [-0.1, -0.05) is 54.6 Å². The van der Waals surface area contributed by atoms with Gasteiger partial charge in [0, 0.05) is 25.8 Å². The maximum absolute atomic E-state index is 13.1. The summed E-state index contributed by atoms with van der Waals surface area (Å²) in [7, 11) is -1.66. The van der Waals surface area contributed by atoms with Gasteiger partial charge in [-0.05, 0) is 59.3 Å². The lowest BCUT2D eigenvalue weighted by atomic mass is 10.0. The van der Waals surface area contributed by atoms with Crippen LogP contribution >= 0.6 is 0 Å². The standard InChI is InChI=1S/C27H28N2O3S/c1-28-26-12-11-25(15-24(26)16-27(28)30)33(31,32)19-21-13-14-29(18-21)17-20-7-9-23(10-8-20)22-5-3-2-4-6-22/h2-12,15,21H,13-14,16-19H2,1H3/t21-/m1/s1. The Morgan fingerprint density at radius 3 is 2.42 bits per heavy atom. The molecule has 0 radical (unpaired) electrons. The van der Waals surface area contributed by atoms with Crippen molar-refractivity contribution in [3.05, 3.63) is 83.9 Å². The molecule has 0 N–H and O–H groups in total. The summed E-state index contributed by atoms with van der Waals surface area (Å²) < 4.78 is 26.1. The summed E-state index contributed by atoms with van der Waals surface area (Å²) in [6, 6.07) is 24.0. The van der Waals surface area contributed by atoms with Gasteiger partial charge < -0.3 is 4.90 Å². The molecule has 2 aliphatic heterocycles. The van der Waals surface area contributed by atoms with Gasteiger partial charge in [0.2, 0.25) is 5.91 Å². The van der Waals surface area contributed by atoms with Crippen molar-refractivity contribution in [3.63, 3.8) is 0 Å². The number of amides is 1. The third-order valence-corrected chi connectivity index (χ3v) is 8.66. The highest BCUT2D eigenvalue weighted by atomic mass is 32.2. The zero-order chi connectivity index (χ0) is 23.0. The maximum Gasteiger partial charge on any atom is 0.231 e. The van der Waals surface area contributed by atoms with Crippen molar-refractivity contribution < 1.29 is 13.2 Å². The van der Waals surface area contributed by atoms with Crippen molar-refractivity contribution >= 4 is 21.4 Å². The number of anilines is 1.